The zero-order valence-electron chi connectivity index (χ0n) is 21.9. The lowest BCUT2D eigenvalue weighted by atomic mass is 9.92. The molecule has 0 saturated carbocycles. The molecule has 4 rings (SSSR count). The number of carbonyl (C=O) groups is 1. The van der Waals surface area contributed by atoms with Crippen molar-refractivity contribution in [2.45, 2.75) is 46.6 Å². The predicted molar refractivity (Wildman–Crippen MR) is 161 cm³/mol. The van der Waals surface area contributed by atoms with Gasteiger partial charge in [-0.05, 0) is 53.8 Å². The molecule has 0 saturated heterocycles. The molecule has 0 bridgehead atoms. The van der Waals surface area contributed by atoms with Crippen molar-refractivity contribution >= 4 is 60.4 Å². The van der Waals surface area contributed by atoms with Gasteiger partial charge in [0.1, 0.15) is 25.3 Å². The van der Waals surface area contributed by atoms with E-state index < -0.39 is 8.73 Å². The Balaban J connectivity index is 1.69. The van der Waals surface area contributed by atoms with Crippen LogP contribution in [0.25, 0.3) is 11.3 Å². The Morgan fingerprint density at radius 1 is 1.29 bits per heavy atom. The fourth-order valence-corrected chi connectivity index (χ4v) is 6.24. The van der Waals surface area contributed by atoms with Gasteiger partial charge in [-0.2, -0.15) is 16.4 Å². The Morgan fingerprint density at radius 2 is 2.08 bits per heavy atom. The second-order valence-corrected chi connectivity index (χ2v) is 12.8. The quantitative estimate of drug-likeness (QED) is 0.257. The molecule has 202 valence electrons. The summed E-state index contributed by atoms with van der Waals surface area (Å²) in [6, 6.07) is 7.50. The number of rotatable bonds is 9. The Labute approximate surface area is 232 Å². The van der Waals surface area contributed by atoms with Gasteiger partial charge in [-0.3, -0.25) is 13.9 Å². The molecular formula is C26H33N5O4PS2+. The average Bonchev–Trinajstić information content (AvgIpc) is 3.41. The van der Waals surface area contributed by atoms with Crippen molar-refractivity contribution in [1.29, 1.82) is 0 Å². The summed E-state index contributed by atoms with van der Waals surface area (Å²) in [5, 5.41) is 32.8. The molecule has 3 aromatic rings. The summed E-state index contributed by atoms with van der Waals surface area (Å²) < 4.78 is 7.75. The van der Waals surface area contributed by atoms with Crippen LogP contribution in [0.3, 0.4) is 0 Å². The fraction of sp³-hybridized carbons (Fsp3) is 0.385. The van der Waals surface area contributed by atoms with Crippen LogP contribution in [-0.4, -0.2) is 44.6 Å². The van der Waals surface area contributed by atoms with E-state index in [9.17, 15) is 14.7 Å². The number of aliphatic hydroxyl groups is 1. The molecular weight excluding hydrogens is 541 g/mol. The largest absolute Gasteiger partial charge is 0.505 e. The lowest BCUT2D eigenvalue weighted by Crippen LogP contribution is -2.34. The topological polar surface area (TPSA) is 120 Å². The molecule has 2 aromatic heterocycles. The summed E-state index contributed by atoms with van der Waals surface area (Å²) in [7, 11) is -0.621. The van der Waals surface area contributed by atoms with Gasteiger partial charge in [-0.15, -0.1) is 4.76 Å². The minimum atomic E-state index is -0.621. The van der Waals surface area contributed by atoms with E-state index in [0.717, 1.165) is 28.7 Å². The van der Waals surface area contributed by atoms with E-state index in [1.54, 1.807) is 4.31 Å². The summed E-state index contributed by atoms with van der Waals surface area (Å²) in [5.41, 5.74) is 2.35. The Kier molecular flexibility index (Phi) is 8.92. The number of amides is 1. The van der Waals surface area contributed by atoms with Crippen LogP contribution in [0.1, 0.15) is 45.6 Å². The highest BCUT2D eigenvalue weighted by Crippen LogP contribution is 2.35. The number of hydrogen-bond acceptors (Lipinski definition) is 9. The number of aliphatic hydroxyl groups excluding tert-OH is 1. The van der Waals surface area contributed by atoms with Crippen molar-refractivity contribution in [3.05, 3.63) is 50.9 Å². The van der Waals surface area contributed by atoms with Gasteiger partial charge < -0.3 is 15.5 Å². The van der Waals surface area contributed by atoms with Gasteiger partial charge in [0, 0.05) is 42.8 Å². The van der Waals surface area contributed by atoms with Crippen molar-refractivity contribution in [3.63, 3.8) is 0 Å². The Bertz CT molecular complexity index is 1400. The number of thiophene rings is 1. The van der Waals surface area contributed by atoms with Crippen LogP contribution in [0.4, 0.5) is 11.4 Å². The molecule has 1 aliphatic rings. The van der Waals surface area contributed by atoms with Crippen molar-refractivity contribution in [1.82, 2.24) is 9.78 Å². The summed E-state index contributed by atoms with van der Waals surface area (Å²) in [6.45, 7) is 6.72. The number of aromatic nitrogens is 2. The van der Waals surface area contributed by atoms with E-state index in [4.69, 9.17) is 9.87 Å². The molecule has 0 spiro atoms. The van der Waals surface area contributed by atoms with Gasteiger partial charge in [0.05, 0.1) is 11.4 Å². The van der Waals surface area contributed by atoms with Crippen LogP contribution in [0.5, 0.6) is 5.75 Å². The SMILES string of the molecule is CSN(C(=O)CCCO)c1ccc2c(c1)[PH2+]N=C(c1c(O)c(-c3ccsc3)nn(CCC(C)(C)C)c1=O)N2. The van der Waals surface area contributed by atoms with Gasteiger partial charge in [-0.1, -0.05) is 20.8 Å². The summed E-state index contributed by atoms with van der Waals surface area (Å²) in [6.07, 6.45) is 3.25. The van der Waals surface area contributed by atoms with E-state index in [2.05, 4.69) is 31.2 Å². The molecule has 12 heteroatoms. The maximum absolute atomic E-state index is 13.6. The van der Waals surface area contributed by atoms with Gasteiger partial charge in [0.25, 0.3) is 5.56 Å². The van der Waals surface area contributed by atoms with Gasteiger partial charge in [0.15, 0.2) is 11.6 Å². The maximum atomic E-state index is 13.6. The van der Waals surface area contributed by atoms with E-state index in [1.807, 2.05) is 41.3 Å². The third kappa shape index (κ3) is 6.29. The van der Waals surface area contributed by atoms with Crippen molar-refractivity contribution < 1.29 is 15.0 Å². The number of amidine groups is 1. The zero-order valence-corrected chi connectivity index (χ0v) is 24.7. The smallest absolute Gasteiger partial charge is 0.281 e. The number of aromatic hydroxyl groups is 1. The van der Waals surface area contributed by atoms with E-state index in [1.165, 1.54) is 28.0 Å². The maximum Gasteiger partial charge on any atom is 0.281 e. The zero-order chi connectivity index (χ0) is 27.4. The fourth-order valence-electron chi connectivity index (χ4n) is 3.96. The van der Waals surface area contributed by atoms with Crippen LogP contribution in [0.2, 0.25) is 0 Å². The number of hydrogen-bond donors (Lipinski definition) is 3. The highest BCUT2D eigenvalue weighted by molar-refractivity contribution is 8.00. The standard InChI is InChI=1S/C26H32N5O4PS2/c1-26(2,3)10-11-30-25(35)21(23(34)22(28-30)16-9-13-38-15-16)24-27-18-8-7-17(14-19(18)36-29-24)31(37-4)20(33)6-5-12-32/h7-9,13-15,32,34,36H,5-6,10-12H2,1-4H3,(H,27,29)/p+1. The monoisotopic (exact) mass is 574 g/mol. The number of benzene rings is 1. The normalized spacial score (nSPS) is 13.7. The molecule has 0 aliphatic carbocycles. The number of carbonyl (C=O) groups excluding carboxylic acids is 1. The van der Waals surface area contributed by atoms with Crippen LogP contribution in [-0.2, 0) is 11.3 Å². The van der Waals surface area contributed by atoms with Crippen molar-refractivity contribution in [2.24, 2.45) is 10.2 Å². The minimum Gasteiger partial charge on any atom is -0.505 e. The first-order valence-corrected chi connectivity index (χ1v) is 15.5. The molecule has 0 fully saturated rings. The first kappa shape index (κ1) is 28.3. The van der Waals surface area contributed by atoms with Gasteiger partial charge >= 0.3 is 0 Å². The molecule has 9 nitrogen and oxygen atoms in total. The molecule has 0 radical (unpaired) electrons. The Morgan fingerprint density at radius 3 is 2.74 bits per heavy atom. The van der Waals surface area contributed by atoms with Crippen LogP contribution < -0.4 is 20.5 Å². The molecule has 1 aromatic carbocycles. The third-order valence-corrected chi connectivity index (χ3v) is 8.65. The predicted octanol–water partition coefficient (Wildman–Crippen LogP) is 4.32. The van der Waals surface area contributed by atoms with E-state index in [0.29, 0.717) is 24.5 Å². The van der Waals surface area contributed by atoms with Crippen molar-refractivity contribution in [2.75, 3.05) is 22.5 Å². The number of aryl methyl sites for hydroxylation is 1. The van der Waals surface area contributed by atoms with Gasteiger partial charge in [0.2, 0.25) is 5.91 Å². The number of nitrogens with one attached hydrogen (secondary N) is 1. The lowest BCUT2D eigenvalue weighted by Gasteiger charge is -2.22. The highest BCUT2D eigenvalue weighted by Gasteiger charge is 2.28. The Hall–Kier alpha value is -2.72. The summed E-state index contributed by atoms with van der Waals surface area (Å²) >= 11 is 2.81. The first-order chi connectivity index (χ1) is 18.1. The number of nitrogens with zero attached hydrogens (tertiary/aromatic N) is 4. The average molecular weight is 575 g/mol. The molecule has 1 unspecified atom stereocenters. The molecule has 1 aliphatic heterocycles. The second-order valence-electron chi connectivity index (χ2n) is 10.1. The second kappa shape index (κ2) is 12.0. The molecule has 1 atom stereocenters. The van der Waals surface area contributed by atoms with E-state index >= 15 is 0 Å². The third-order valence-electron chi connectivity index (χ3n) is 6.05. The van der Waals surface area contributed by atoms with E-state index in [-0.39, 0.29) is 41.2 Å². The van der Waals surface area contributed by atoms with Gasteiger partial charge in [-0.25, -0.2) is 4.68 Å². The van der Waals surface area contributed by atoms with Crippen LogP contribution >= 0.6 is 32.0 Å². The molecule has 38 heavy (non-hydrogen) atoms. The molecule has 1 amide bonds. The number of fused-ring (bicyclic) bond motifs is 1. The minimum absolute atomic E-state index is 0.00719. The molecule has 3 heterocycles. The number of anilines is 2. The highest BCUT2D eigenvalue weighted by atomic mass is 32.2. The summed E-state index contributed by atoms with van der Waals surface area (Å²) in [4.78, 5) is 26.1. The lowest BCUT2D eigenvalue weighted by molar-refractivity contribution is -0.117. The molecule has 3 N–H and O–H groups in total. The first-order valence-electron chi connectivity index (χ1n) is 12.3. The van der Waals surface area contributed by atoms with Crippen molar-refractivity contribution in [3.8, 4) is 17.0 Å². The van der Waals surface area contributed by atoms with Crippen LogP contribution in [0, 0.1) is 5.41 Å². The summed E-state index contributed by atoms with van der Waals surface area (Å²) in [5.74, 6) is 0.0639. The van der Waals surface area contributed by atoms with Crippen LogP contribution in [0.15, 0.2) is 44.6 Å².